The number of hydrazine groups is 1. The minimum absolute atomic E-state index is 0.0871. The average molecular weight is 302 g/mol. The molecule has 2 N–H and O–H groups in total. The van der Waals surface area contributed by atoms with Gasteiger partial charge in [-0.25, -0.2) is 0 Å². The Morgan fingerprint density at radius 2 is 1.52 bits per heavy atom. The monoisotopic (exact) mass is 302 g/mol. The summed E-state index contributed by atoms with van der Waals surface area (Å²) in [6.45, 7) is 18.4. The van der Waals surface area contributed by atoms with Crippen LogP contribution >= 0.6 is 0 Å². The van der Waals surface area contributed by atoms with E-state index >= 15 is 0 Å². The van der Waals surface area contributed by atoms with Crippen molar-refractivity contribution in [2.45, 2.75) is 58.7 Å². The highest BCUT2D eigenvalue weighted by Gasteiger charge is 2.22. The predicted octanol–water partition coefficient (Wildman–Crippen LogP) is 1.81. The maximum Gasteiger partial charge on any atom is 0.168 e. The molecule has 126 valence electrons. The van der Waals surface area contributed by atoms with E-state index in [9.17, 15) is 0 Å². The average Bonchev–Trinajstić information content (AvgIpc) is 2.40. The van der Waals surface area contributed by atoms with E-state index in [-0.39, 0.29) is 11.2 Å². The summed E-state index contributed by atoms with van der Waals surface area (Å²) < 4.78 is 13.7. The molecule has 0 aliphatic heterocycles. The zero-order chi connectivity index (χ0) is 16.4. The third-order valence-corrected chi connectivity index (χ3v) is 3.49. The molecular formula is C16H36N3O2+. The molecule has 0 aliphatic carbocycles. The first kappa shape index (κ1) is 20.3. The molecule has 5 heteroatoms. The second kappa shape index (κ2) is 10.1. The van der Waals surface area contributed by atoms with Crippen molar-refractivity contribution in [1.82, 2.24) is 10.7 Å². The van der Waals surface area contributed by atoms with E-state index in [1.165, 1.54) is 0 Å². The van der Waals surface area contributed by atoms with Crippen LogP contribution in [0, 0.1) is 0 Å². The molecule has 0 saturated carbocycles. The van der Waals surface area contributed by atoms with E-state index in [2.05, 4.69) is 52.1 Å². The Morgan fingerprint density at radius 1 is 0.952 bits per heavy atom. The first-order valence-electron chi connectivity index (χ1n) is 7.96. The maximum atomic E-state index is 5.98. The summed E-state index contributed by atoms with van der Waals surface area (Å²) >= 11 is 0. The molecule has 0 aromatic heterocycles. The molecule has 0 atom stereocenters. The van der Waals surface area contributed by atoms with E-state index < -0.39 is 0 Å². The smallest absolute Gasteiger partial charge is 0.168 e. The van der Waals surface area contributed by atoms with Gasteiger partial charge in [-0.05, 0) is 61.1 Å². The lowest BCUT2D eigenvalue weighted by atomic mass is 10.0. The summed E-state index contributed by atoms with van der Waals surface area (Å²) in [4.78, 5) is 0. The lowest BCUT2D eigenvalue weighted by Gasteiger charge is -2.29. The molecule has 0 fully saturated rings. The molecule has 0 saturated heterocycles. The number of ether oxygens (including phenoxy) is 2. The number of rotatable bonds is 13. The fourth-order valence-electron chi connectivity index (χ4n) is 1.79. The van der Waals surface area contributed by atoms with Gasteiger partial charge in [0, 0.05) is 0 Å². The molecule has 0 spiro atoms. The Kier molecular flexibility index (Phi) is 9.83. The maximum absolute atomic E-state index is 5.98. The van der Waals surface area contributed by atoms with Crippen LogP contribution in [-0.2, 0) is 9.47 Å². The summed E-state index contributed by atoms with van der Waals surface area (Å²) in [7, 11) is 1.96. The molecule has 0 bridgehead atoms. The Labute approximate surface area is 131 Å². The minimum Gasteiger partial charge on any atom is -0.375 e. The summed E-state index contributed by atoms with van der Waals surface area (Å²) in [6, 6.07) is 0. The van der Waals surface area contributed by atoms with Crippen molar-refractivity contribution in [3.8, 4) is 0 Å². The van der Waals surface area contributed by atoms with Crippen molar-refractivity contribution in [3.63, 3.8) is 0 Å². The van der Waals surface area contributed by atoms with Crippen LogP contribution in [0.1, 0.15) is 47.5 Å². The number of nitrogens with one attached hydrogen (secondary N) is 2. The van der Waals surface area contributed by atoms with Gasteiger partial charge in [0.15, 0.2) is 13.3 Å². The van der Waals surface area contributed by atoms with E-state index in [0.29, 0.717) is 13.2 Å². The van der Waals surface area contributed by atoms with Gasteiger partial charge in [0.1, 0.15) is 0 Å². The van der Waals surface area contributed by atoms with Crippen LogP contribution in [0.5, 0.6) is 0 Å². The van der Waals surface area contributed by atoms with Crippen LogP contribution in [0.15, 0.2) is 0 Å². The van der Waals surface area contributed by atoms with Crippen LogP contribution in [-0.4, -0.2) is 62.5 Å². The number of hydrazone groups is 1. The normalized spacial score (nSPS) is 12.5. The van der Waals surface area contributed by atoms with Crippen molar-refractivity contribution in [2.75, 3.05) is 39.9 Å². The van der Waals surface area contributed by atoms with Crippen LogP contribution in [0.3, 0.4) is 0 Å². The molecule has 0 heterocycles. The molecule has 0 aliphatic rings. The third-order valence-electron chi connectivity index (χ3n) is 3.49. The van der Waals surface area contributed by atoms with Gasteiger partial charge in [0.05, 0.1) is 31.0 Å². The van der Waals surface area contributed by atoms with Gasteiger partial charge in [-0.15, -0.1) is 4.68 Å². The fraction of sp³-hybridized carbons (Fsp3) is 0.938. The van der Waals surface area contributed by atoms with Crippen LogP contribution < -0.4 is 10.7 Å². The van der Waals surface area contributed by atoms with Crippen LogP contribution in [0.4, 0.5) is 0 Å². The molecule has 0 radical (unpaired) electrons. The minimum atomic E-state index is -0.168. The summed E-state index contributed by atoms with van der Waals surface area (Å²) in [5.74, 6) is 0. The van der Waals surface area contributed by atoms with E-state index in [1.54, 1.807) is 0 Å². The Hall–Kier alpha value is -0.650. The van der Waals surface area contributed by atoms with Crippen LogP contribution in [0.2, 0.25) is 0 Å². The summed E-state index contributed by atoms with van der Waals surface area (Å²) in [6.07, 6.45) is 1.89. The van der Waals surface area contributed by atoms with Crippen molar-refractivity contribution >= 4 is 6.72 Å². The van der Waals surface area contributed by atoms with E-state index in [0.717, 1.165) is 32.5 Å². The van der Waals surface area contributed by atoms with Crippen molar-refractivity contribution in [3.05, 3.63) is 0 Å². The molecule has 0 amide bonds. The SMILES string of the molecule is C=[N+](CC)NCCOC(C)(C)CCOC(C)(C)CCNC. The van der Waals surface area contributed by atoms with Gasteiger partial charge in [0.25, 0.3) is 0 Å². The van der Waals surface area contributed by atoms with E-state index in [1.807, 2.05) is 11.7 Å². The fourth-order valence-corrected chi connectivity index (χ4v) is 1.79. The van der Waals surface area contributed by atoms with Gasteiger partial charge >= 0.3 is 0 Å². The molecule has 0 unspecified atom stereocenters. The van der Waals surface area contributed by atoms with Gasteiger partial charge in [-0.3, -0.25) is 0 Å². The zero-order valence-electron chi connectivity index (χ0n) is 14.9. The highest BCUT2D eigenvalue weighted by molar-refractivity contribution is 5.13. The number of nitrogens with zero attached hydrogens (tertiary/aromatic N) is 1. The summed E-state index contributed by atoms with van der Waals surface area (Å²) in [5, 5.41) is 3.16. The topological polar surface area (TPSA) is 45.5 Å². The first-order chi connectivity index (χ1) is 9.72. The van der Waals surface area contributed by atoms with Gasteiger partial charge in [-0.1, -0.05) is 0 Å². The first-order valence-corrected chi connectivity index (χ1v) is 7.96. The standard InChI is InChI=1S/C16H36N3O2/c1-8-19(7)18-12-14-21-16(4,5)10-13-20-15(2,3)9-11-17-6/h17-18H,7-14H2,1-6H3/q+1. The molecule has 0 aromatic carbocycles. The lowest BCUT2D eigenvalue weighted by molar-refractivity contribution is -0.576. The molecule has 21 heavy (non-hydrogen) atoms. The third kappa shape index (κ3) is 11.7. The number of hydrogen-bond donors (Lipinski definition) is 2. The molecule has 0 aromatic rings. The summed E-state index contributed by atoms with van der Waals surface area (Å²) in [5.41, 5.74) is 2.91. The van der Waals surface area contributed by atoms with Crippen molar-refractivity contribution in [2.24, 2.45) is 0 Å². The van der Waals surface area contributed by atoms with Gasteiger partial charge in [-0.2, -0.15) is 5.43 Å². The second-order valence-corrected chi connectivity index (χ2v) is 6.58. The highest BCUT2D eigenvalue weighted by Crippen LogP contribution is 2.19. The Morgan fingerprint density at radius 3 is 2.10 bits per heavy atom. The molecular weight excluding hydrogens is 266 g/mol. The highest BCUT2D eigenvalue weighted by atomic mass is 16.5. The number of hydrogen-bond acceptors (Lipinski definition) is 4. The lowest BCUT2D eigenvalue weighted by Crippen LogP contribution is -2.35. The van der Waals surface area contributed by atoms with Crippen LogP contribution in [0.25, 0.3) is 0 Å². The second-order valence-electron chi connectivity index (χ2n) is 6.58. The van der Waals surface area contributed by atoms with E-state index in [4.69, 9.17) is 9.47 Å². The largest absolute Gasteiger partial charge is 0.375 e. The Balaban J connectivity index is 3.83. The van der Waals surface area contributed by atoms with Gasteiger partial charge in [0.2, 0.25) is 0 Å². The molecule has 5 nitrogen and oxygen atoms in total. The zero-order valence-corrected chi connectivity index (χ0v) is 14.9. The quantitative estimate of drug-likeness (QED) is 0.236. The van der Waals surface area contributed by atoms with Crippen molar-refractivity contribution in [1.29, 1.82) is 0 Å². The predicted molar refractivity (Wildman–Crippen MR) is 89.1 cm³/mol. The van der Waals surface area contributed by atoms with Gasteiger partial charge < -0.3 is 14.8 Å². The molecule has 0 rings (SSSR count). The van der Waals surface area contributed by atoms with Crippen molar-refractivity contribution < 1.29 is 14.2 Å². The Bertz CT molecular complexity index is 291.